The second kappa shape index (κ2) is 10.8. The molecule has 10 heteroatoms. The van der Waals surface area contributed by atoms with E-state index in [1.165, 1.54) is 35.8 Å². The average Bonchev–Trinajstić information content (AvgIpc) is 3.36. The smallest absolute Gasteiger partial charge is 0.340 e. The molecule has 1 unspecified atom stereocenters. The minimum Gasteiger partial charge on any atom is -0.482 e. The Bertz CT molecular complexity index is 1160. The third kappa shape index (κ3) is 5.94. The molecule has 1 amide bonds. The first kappa shape index (κ1) is 24.8. The number of thiophene rings is 1. The quantitative estimate of drug-likeness (QED) is 0.344. The van der Waals surface area contributed by atoms with Crippen LogP contribution in [0, 0.1) is 13.8 Å². The van der Waals surface area contributed by atoms with Crippen molar-refractivity contribution in [2.24, 2.45) is 7.05 Å². The first-order valence-corrected chi connectivity index (χ1v) is 12.3. The van der Waals surface area contributed by atoms with Gasteiger partial charge in [-0.05, 0) is 44.9 Å². The van der Waals surface area contributed by atoms with Crippen molar-refractivity contribution in [2.75, 3.05) is 18.2 Å². The minimum absolute atomic E-state index is 0.123. The molecule has 0 saturated carbocycles. The number of aryl methyl sites for hydroxylation is 3. The van der Waals surface area contributed by atoms with Crippen LogP contribution in [-0.2, 0) is 23.0 Å². The number of anilines is 1. The number of hydrogen-bond acceptors (Lipinski definition) is 8. The van der Waals surface area contributed by atoms with Crippen molar-refractivity contribution < 1.29 is 19.1 Å². The fourth-order valence-corrected chi connectivity index (χ4v) is 4.96. The Morgan fingerprint density at radius 2 is 2.00 bits per heavy atom. The molecule has 0 fully saturated rings. The van der Waals surface area contributed by atoms with Crippen molar-refractivity contribution in [1.82, 2.24) is 14.8 Å². The van der Waals surface area contributed by atoms with Crippen LogP contribution in [0.4, 0.5) is 5.00 Å². The van der Waals surface area contributed by atoms with E-state index in [2.05, 4.69) is 21.6 Å². The monoisotopic (exact) mass is 488 g/mol. The van der Waals surface area contributed by atoms with Gasteiger partial charge >= 0.3 is 5.97 Å². The van der Waals surface area contributed by atoms with E-state index in [1.54, 1.807) is 6.07 Å². The molecule has 1 N–H and O–H groups in total. The van der Waals surface area contributed by atoms with Crippen molar-refractivity contribution in [3.8, 4) is 5.75 Å². The summed E-state index contributed by atoms with van der Waals surface area (Å²) in [5.41, 5.74) is 2.60. The van der Waals surface area contributed by atoms with Crippen LogP contribution in [0.3, 0.4) is 0 Å². The summed E-state index contributed by atoms with van der Waals surface area (Å²) >= 11 is 2.64. The van der Waals surface area contributed by atoms with E-state index in [0.717, 1.165) is 22.6 Å². The van der Waals surface area contributed by atoms with Crippen molar-refractivity contribution in [3.05, 3.63) is 51.7 Å². The summed E-state index contributed by atoms with van der Waals surface area (Å²) in [6, 6.07) is 7.79. The number of amides is 1. The van der Waals surface area contributed by atoms with Gasteiger partial charge in [0.2, 0.25) is 5.91 Å². The van der Waals surface area contributed by atoms with Gasteiger partial charge in [-0.2, -0.15) is 0 Å². The van der Waals surface area contributed by atoms with Gasteiger partial charge in [-0.3, -0.25) is 4.79 Å². The van der Waals surface area contributed by atoms with Gasteiger partial charge in [0.25, 0.3) is 0 Å². The molecular formula is C23H28N4O4S2. The van der Waals surface area contributed by atoms with E-state index in [4.69, 9.17) is 9.47 Å². The molecule has 176 valence electrons. The highest BCUT2D eigenvalue weighted by Crippen LogP contribution is 2.30. The van der Waals surface area contributed by atoms with E-state index in [-0.39, 0.29) is 17.8 Å². The average molecular weight is 489 g/mol. The zero-order chi connectivity index (χ0) is 24.1. The number of nitrogens with one attached hydrogen (secondary N) is 1. The summed E-state index contributed by atoms with van der Waals surface area (Å²) in [7, 11) is 3.17. The lowest BCUT2D eigenvalue weighted by Gasteiger charge is -2.16. The zero-order valence-corrected chi connectivity index (χ0v) is 21.2. The summed E-state index contributed by atoms with van der Waals surface area (Å²) < 4.78 is 12.7. The fourth-order valence-electron chi connectivity index (χ4n) is 3.24. The van der Waals surface area contributed by atoms with Gasteiger partial charge in [-0.15, -0.1) is 21.5 Å². The Kier molecular flexibility index (Phi) is 8.15. The second-order valence-electron chi connectivity index (χ2n) is 7.57. The summed E-state index contributed by atoms with van der Waals surface area (Å²) in [6.45, 7) is 7.96. The molecule has 0 aliphatic carbocycles. The maximum Gasteiger partial charge on any atom is 0.340 e. The van der Waals surface area contributed by atoms with Crippen LogP contribution in [0.1, 0.15) is 52.1 Å². The highest BCUT2D eigenvalue weighted by Gasteiger charge is 2.21. The minimum atomic E-state index is -0.468. The number of benzene rings is 1. The van der Waals surface area contributed by atoms with Gasteiger partial charge in [0.1, 0.15) is 10.8 Å². The zero-order valence-electron chi connectivity index (χ0n) is 19.6. The fraction of sp³-hybridized carbons (Fsp3) is 0.391. The molecule has 0 radical (unpaired) electrons. The molecule has 0 spiro atoms. The number of methoxy groups -OCH3 is 1. The maximum atomic E-state index is 12.5. The molecule has 1 atom stereocenters. The second-order valence-corrected chi connectivity index (χ2v) is 9.65. The van der Waals surface area contributed by atoms with E-state index < -0.39 is 5.97 Å². The van der Waals surface area contributed by atoms with E-state index in [0.29, 0.717) is 21.5 Å². The van der Waals surface area contributed by atoms with Crippen LogP contribution in [0.15, 0.2) is 29.4 Å². The van der Waals surface area contributed by atoms with Crippen LogP contribution in [0.2, 0.25) is 0 Å². The van der Waals surface area contributed by atoms with E-state index >= 15 is 0 Å². The number of hydrogen-bond donors (Lipinski definition) is 1. The number of ether oxygens (including phenoxy) is 2. The van der Waals surface area contributed by atoms with Gasteiger partial charge in [-0.25, -0.2) is 4.79 Å². The molecule has 8 nitrogen and oxygen atoms in total. The Morgan fingerprint density at radius 1 is 1.24 bits per heavy atom. The molecule has 0 aliphatic rings. The first-order valence-electron chi connectivity index (χ1n) is 10.5. The Balaban J connectivity index is 1.63. The summed E-state index contributed by atoms with van der Waals surface area (Å²) in [5, 5.41) is 12.4. The van der Waals surface area contributed by atoms with Gasteiger partial charge < -0.3 is 19.4 Å². The molecule has 33 heavy (non-hydrogen) atoms. The molecule has 3 rings (SSSR count). The standard InChI is InChI=1S/C23H28N4O4S2/c1-7-16-11-17(22(29)30-6)21(33-16)24-19(28)12-32-23-26-25-20(27(23)5)15(4)31-18-9-8-13(2)10-14(18)3/h8-11,15H,7,12H2,1-6H3,(H,24,28). The third-order valence-electron chi connectivity index (χ3n) is 4.99. The normalized spacial score (nSPS) is 11.8. The van der Waals surface area contributed by atoms with Gasteiger partial charge in [0, 0.05) is 11.9 Å². The van der Waals surface area contributed by atoms with Crippen LogP contribution in [0.25, 0.3) is 0 Å². The highest BCUT2D eigenvalue weighted by molar-refractivity contribution is 7.99. The Morgan fingerprint density at radius 3 is 2.67 bits per heavy atom. The number of esters is 1. The summed E-state index contributed by atoms with van der Waals surface area (Å²) in [5.74, 6) is 0.881. The lowest BCUT2D eigenvalue weighted by molar-refractivity contribution is -0.113. The maximum absolute atomic E-state index is 12.5. The summed E-state index contributed by atoms with van der Waals surface area (Å²) in [6.07, 6.45) is 0.455. The number of carbonyl (C=O) groups excluding carboxylic acids is 2. The summed E-state index contributed by atoms with van der Waals surface area (Å²) in [4.78, 5) is 25.5. The molecule has 3 aromatic rings. The van der Waals surface area contributed by atoms with Crippen molar-refractivity contribution in [3.63, 3.8) is 0 Å². The van der Waals surface area contributed by atoms with Crippen molar-refractivity contribution in [2.45, 2.75) is 45.4 Å². The largest absolute Gasteiger partial charge is 0.482 e. The lowest BCUT2D eigenvalue weighted by Crippen LogP contribution is -2.16. The first-order chi connectivity index (χ1) is 15.7. The van der Waals surface area contributed by atoms with Crippen LogP contribution in [0.5, 0.6) is 5.75 Å². The third-order valence-corrected chi connectivity index (χ3v) is 7.20. The molecular weight excluding hydrogens is 460 g/mol. The van der Waals surface area contributed by atoms with Crippen LogP contribution >= 0.6 is 23.1 Å². The van der Waals surface area contributed by atoms with E-state index in [9.17, 15) is 9.59 Å². The van der Waals surface area contributed by atoms with Gasteiger partial charge in [0.15, 0.2) is 17.1 Å². The number of carbonyl (C=O) groups is 2. The molecule has 1 aromatic carbocycles. The molecule has 2 heterocycles. The van der Waals surface area contributed by atoms with E-state index in [1.807, 2.05) is 51.4 Å². The predicted molar refractivity (Wildman–Crippen MR) is 130 cm³/mol. The number of thioether (sulfide) groups is 1. The number of nitrogens with zero attached hydrogens (tertiary/aromatic N) is 3. The van der Waals surface area contributed by atoms with Gasteiger partial charge in [-0.1, -0.05) is 36.4 Å². The van der Waals surface area contributed by atoms with Crippen LogP contribution in [-0.4, -0.2) is 39.5 Å². The molecule has 0 saturated heterocycles. The molecule has 0 aliphatic heterocycles. The van der Waals surface area contributed by atoms with Crippen LogP contribution < -0.4 is 10.1 Å². The topological polar surface area (TPSA) is 95.3 Å². The number of rotatable bonds is 9. The number of aromatic nitrogens is 3. The highest BCUT2D eigenvalue weighted by atomic mass is 32.2. The van der Waals surface area contributed by atoms with Crippen molar-refractivity contribution in [1.29, 1.82) is 0 Å². The lowest BCUT2D eigenvalue weighted by atomic mass is 10.1. The Labute approximate surface area is 201 Å². The Hall–Kier alpha value is -2.85. The molecule has 2 aromatic heterocycles. The van der Waals surface area contributed by atoms with Gasteiger partial charge in [0.05, 0.1) is 18.4 Å². The predicted octanol–water partition coefficient (Wildman–Crippen LogP) is 4.71. The molecule has 0 bridgehead atoms. The van der Waals surface area contributed by atoms with Crippen molar-refractivity contribution >= 4 is 40.0 Å². The SMILES string of the molecule is CCc1cc(C(=O)OC)c(NC(=O)CSc2nnc(C(C)Oc3ccc(C)cc3C)n2C)s1.